The lowest BCUT2D eigenvalue weighted by Crippen LogP contribution is -2.13. The Hall–Kier alpha value is -3.22. The molecule has 104 valence electrons. The van der Waals surface area contributed by atoms with Crippen molar-refractivity contribution in [3.05, 3.63) is 60.6 Å². The summed E-state index contributed by atoms with van der Waals surface area (Å²) in [4.78, 5) is 19.9. The molecule has 2 aromatic heterocycles. The average Bonchev–Trinajstić information content (AvgIpc) is 3.01. The Balaban J connectivity index is 1.75. The predicted molar refractivity (Wildman–Crippen MR) is 75.1 cm³/mol. The quantitative estimate of drug-likeness (QED) is 0.765. The van der Waals surface area contributed by atoms with Gasteiger partial charge < -0.3 is 4.74 Å². The molecule has 0 aliphatic rings. The fourth-order valence-electron chi connectivity index (χ4n) is 1.66. The number of carbonyl (C=O) groups is 1. The van der Waals surface area contributed by atoms with Gasteiger partial charge in [0.2, 0.25) is 11.8 Å². The van der Waals surface area contributed by atoms with E-state index in [0.717, 1.165) is 0 Å². The molecule has 3 aromatic rings. The summed E-state index contributed by atoms with van der Waals surface area (Å²) in [6.07, 6.45) is 2.82. The van der Waals surface area contributed by atoms with Crippen LogP contribution in [0.1, 0.15) is 10.4 Å². The van der Waals surface area contributed by atoms with Gasteiger partial charge in [0.05, 0.1) is 0 Å². The van der Waals surface area contributed by atoms with E-state index in [-0.39, 0.29) is 11.9 Å². The summed E-state index contributed by atoms with van der Waals surface area (Å²) in [7, 11) is 0. The number of anilines is 1. The van der Waals surface area contributed by atoms with E-state index < -0.39 is 0 Å². The summed E-state index contributed by atoms with van der Waals surface area (Å²) in [5.74, 6) is 0.943. The highest BCUT2D eigenvalue weighted by molar-refractivity contribution is 6.03. The van der Waals surface area contributed by atoms with Gasteiger partial charge in [-0.3, -0.25) is 10.1 Å². The number of amides is 1. The largest absolute Gasteiger partial charge is 0.439 e. The zero-order valence-corrected chi connectivity index (χ0v) is 10.9. The number of ether oxygens (including phenoxy) is 1. The maximum atomic E-state index is 12.0. The van der Waals surface area contributed by atoms with E-state index in [1.54, 1.807) is 12.1 Å². The minimum Gasteiger partial charge on any atom is -0.439 e. The highest BCUT2D eigenvalue weighted by Crippen LogP contribution is 2.19. The van der Waals surface area contributed by atoms with Gasteiger partial charge in [0.25, 0.3) is 5.91 Å². The Morgan fingerprint density at radius 3 is 2.76 bits per heavy atom. The summed E-state index contributed by atoms with van der Waals surface area (Å²) >= 11 is 0. The molecule has 2 N–H and O–H groups in total. The zero-order valence-electron chi connectivity index (χ0n) is 10.9. The number of aromatic amines is 1. The van der Waals surface area contributed by atoms with Gasteiger partial charge in [-0.05, 0) is 18.2 Å². The number of benzene rings is 1. The number of carbonyl (C=O) groups excluding carboxylic acids is 1. The maximum absolute atomic E-state index is 12.0. The minimum atomic E-state index is -0.327. The molecule has 0 spiro atoms. The standard InChI is InChI=1S/C14H11N5O2/c20-13(18-14-16-9-17-19-14)10-6-7-15-12(8-10)21-11-4-2-1-3-5-11/h1-9H,(H2,16,17,18,19,20). The van der Waals surface area contributed by atoms with E-state index in [1.165, 1.54) is 12.5 Å². The van der Waals surface area contributed by atoms with E-state index in [1.807, 2.05) is 30.3 Å². The zero-order chi connectivity index (χ0) is 14.5. The van der Waals surface area contributed by atoms with Crippen molar-refractivity contribution in [1.29, 1.82) is 0 Å². The fraction of sp³-hybridized carbons (Fsp3) is 0. The van der Waals surface area contributed by atoms with Crippen molar-refractivity contribution in [2.45, 2.75) is 0 Å². The lowest BCUT2D eigenvalue weighted by atomic mass is 10.2. The van der Waals surface area contributed by atoms with Crippen molar-refractivity contribution in [3.8, 4) is 11.6 Å². The number of hydrogen-bond acceptors (Lipinski definition) is 5. The second kappa shape index (κ2) is 5.83. The SMILES string of the molecule is O=C(Nc1ncn[nH]1)c1ccnc(Oc2ccccc2)c1. The molecular formula is C14H11N5O2. The molecule has 3 rings (SSSR count). The Morgan fingerprint density at radius 2 is 2.00 bits per heavy atom. The Bertz CT molecular complexity index is 728. The van der Waals surface area contributed by atoms with Crippen molar-refractivity contribution in [3.63, 3.8) is 0 Å². The van der Waals surface area contributed by atoms with Gasteiger partial charge >= 0.3 is 0 Å². The third kappa shape index (κ3) is 3.21. The average molecular weight is 281 g/mol. The lowest BCUT2D eigenvalue weighted by molar-refractivity contribution is 0.102. The monoisotopic (exact) mass is 281 g/mol. The molecule has 0 unspecified atom stereocenters. The van der Waals surface area contributed by atoms with Gasteiger partial charge in [-0.15, -0.1) is 0 Å². The molecule has 0 saturated carbocycles. The van der Waals surface area contributed by atoms with E-state index in [0.29, 0.717) is 17.2 Å². The van der Waals surface area contributed by atoms with Gasteiger partial charge in [-0.25, -0.2) is 10.1 Å². The topological polar surface area (TPSA) is 92.8 Å². The van der Waals surface area contributed by atoms with Crippen molar-refractivity contribution in [1.82, 2.24) is 20.2 Å². The van der Waals surface area contributed by atoms with Gasteiger partial charge in [-0.2, -0.15) is 10.1 Å². The first-order chi connectivity index (χ1) is 10.3. The lowest BCUT2D eigenvalue weighted by Gasteiger charge is -2.06. The predicted octanol–water partition coefficient (Wildman–Crippen LogP) is 2.24. The smallest absolute Gasteiger partial charge is 0.258 e. The van der Waals surface area contributed by atoms with Crippen molar-refractivity contribution >= 4 is 11.9 Å². The number of aromatic nitrogens is 4. The normalized spacial score (nSPS) is 10.1. The first kappa shape index (κ1) is 12.8. The Morgan fingerprint density at radius 1 is 1.14 bits per heavy atom. The summed E-state index contributed by atoms with van der Waals surface area (Å²) in [5, 5.41) is 8.78. The number of para-hydroxylation sites is 1. The second-order valence-electron chi connectivity index (χ2n) is 4.09. The van der Waals surface area contributed by atoms with Crippen molar-refractivity contribution < 1.29 is 9.53 Å². The Kier molecular flexibility index (Phi) is 3.55. The number of hydrogen-bond donors (Lipinski definition) is 2. The molecule has 0 saturated heterocycles. The van der Waals surface area contributed by atoms with E-state index in [4.69, 9.17) is 4.74 Å². The van der Waals surface area contributed by atoms with E-state index >= 15 is 0 Å². The molecule has 0 radical (unpaired) electrons. The van der Waals surface area contributed by atoms with Crippen LogP contribution in [-0.2, 0) is 0 Å². The first-order valence-corrected chi connectivity index (χ1v) is 6.17. The molecule has 0 aliphatic carbocycles. The molecule has 7 heteroatoms. The van der Waals surface area contributed by atoms with Gasteiger partial charge in [-0.1, -0.05) is 18.2 Å². The van der Waals surface area contributed by atoms with Gasteiger partial charge in [0.1, 0.15) is 12.1 Å². The fourth-order valence-corrected chi connectivity index (χ4v) is 1.66. The number of H-pyrrole nitrogens is 1. The molecule has 21 heavy (non-hydrogen) atoms. The summed E-state index contributed by atoms with van der Waals surface area (Å²) in [6, 6.07) is 12.4. The molecule has 1 amide bonds. The van der Waals surface area contributed by atoms with Crippen LogP contribution in [0.5, 0.6) is 11.6 Å². The number of nitrogens with zero attached hydrogens (tertiary/aromatic N) is 3. The second-order valence-corrected chi connectivity index (χ2v) is 4.09. The van der Waals surface area contributed by atoms with Crippen LogP contribution >= 0.6 is 0 Å². The van der Waals surface area contributed by atoms with Gasteiger partial charge in [0, 0.05) is 17.8 Å². The highest BCUT2D eigenvalue weighted by Gasteiger charge is 2.09. The first-order valence-electron chi connectivity index (χ1n) is 6.17. The van der Waals surface area contributed by atoms with Crippen LogP contribution in [0.2, 0.25) is 0 Å². The van der Waals surface area contributed by atoms with Crippen LogP contribution < -0.4 is 10.1 Å². The number of nitrogens with one attached hydrogen (secondary N) is 2. The minimum absolute atomic E-state index is 0.280. The Labute approximate surface area is 120 Å². The highest BCUT2D eigenvalue weighted by atomic mass is 16.5. The molecule has 2 heterocycles. The summed E-state index contributed by atoms with van der Waals surface area (Å²) in [6.45, 7) is 0. The molecule has 0 bridgehead atoms. The van der Waals surface area contributed by atoms with Crippen LogP contribution in [0.3, 0.4) is 0 Å². The van der Waals surface area contributed by atoms with Crippen molar-refractivity contribution in [2.24, 2.45) is 0 Å². The number of rotatable bonds is 4. The molecule has 0 aliphatic heterocycles. The van der Waals surface area contributed by atoms with Crippen LogP contribution in [0.25, 0.3) is 0 Å². The summed E-state index contributed by atoms with van der Waals surface area (Å²) < 4.78 is 5.58. The summed E-state index contributed by atoms with van der Waals surface area (Å²) in [5.41, 5.74) is 0.410. The van der Waals surface area contributed by atoms with Gasteiger partial charge in [0.15, 0.2) is 0 Å². The van der Waals surface area contributed by atoms with Crippen LogP contribution in [0.4, 0.5) is 5.95 Å². The van der Waals surface area contributed by atoms with E-state index in [9.17, 15) is 4.79 Å². The maximum Gasteiger partial charge on any atom is 0.258 e. The third-order valence-corrected chi connectivity index (χ3v) is 2.61. The molecular weight excluding hydrogens is 270 g/mol. The van der Waals surface area contributed by atoms with Crippen molar-refractivity contribution in [2.75, 3.05) is 5.32 Å². The van der Waals surface area contributed by atoms with Crippen LogP contribution in [0, 0.1) is 0 Å². The third-order valence-electron chi connectivity index (χ3n) is 2.61. The van der Waals surface area contributed by atoms with Crippen LogP contribution in [-0.4, -0.2) is 26.1 Å². The molecule has 0 fully saturated rings. The van der Waals surface area contributed by atoms with Crippen LogP contribution in [0.15, 0.2) is 55.0 Å². The number of pyridine rings is 1. The molecule has 0 atom stereocenters. The molecule has 1 aromatic carbocycles. The molecule has 7 nitrogen and oxygen atoms in total. The van der Waals surface area contributed by atoms with E-state index in [2.05, 4.69) is 25.5 Å².